The molecule has 8 heteroatoms. The van der Waals surface area contributed by atoms with Crippen molar-refractivity contribution in [2.24, 2.45) is 4.99 Å². The van der Waals surface area contributed by atoms with E-state index in [1.165, 1.54) is 30.3 Å². The number of nitrogens with zero attached hydrogens (tertiary/aromatic N) is 2. The van der Waals surface area contributed by atoms with Crippen LogP contribution in [0.3, 0.4) is 0 Å². The number of fused-ring (bicyclic) bond motifs is 1. The van der Waals surface area contributed by atoms with E-state index in [2.05, 4.69) is 10.3 Å². The largest absolute Gasteiger partial charge is 0.461 e. The number of alkyl halides is 1. The predicted molar refractivity (Wildman–Crippen MR) is 104 cm³/mol. The molecule has 1 aromatic rings. The highest BCUT2D eigenvalue weighted by Gasteiger charge is 2.49. The Kier molecular flexibility index (Phi) is 5.05. The van der Waals surface area contributed by atoms with Gasteiger partial charge in [0, 0.05) is 28.6 Å². The lowest BCUT2D eigenvalue weighted by atomic mass is 9.91. The molecule has 2 aliphatic rings. The van der Waals surface area contributed by atoms with Gasteiger partial charge in [0.25, 0.3) is 0 Å². The maximum Gasteiger partial charge on any atom is 0.356 e. The Morgan fingerprint density at radius 2 is 2.23 bits per heavy atom. The van der Waals surface area contributed by atoms with Gasteiger partial charge in [0.05, 0.1) is 24.0 Å². The van der Waals surface area contributed by atoms with E-state index in [-0.39, 0.29) is 18.0 Å². The average molecular weight is 473 g/mol. The van der Waals surface area contributed by atoms with Crippen LogP contribution < -0.4 is 5.32 Å². The highest BCUT2D eigenvalue weighted by molar-refractivity contribution is 14.1. The third-order valence-corrected chi connectivity index (χ3v) is 4.97. The molecular weight excluding hydrogens is 455 g/mol. The smallest absolute Gasteiger partial charge is 0.356 e. The summed E-state index contributed by atoms with van der Waals surface area (Å²) >= 11 is 2.01. The molecule has 2 aliphatic heterocycles. The van der Waals surface area contributed by atoms with Crippen molar-refractivity contribution in [2.45, 2.75) is 25.6 Å². The average Bonchev–Trinajstić information content (AvgIpc) is 2.83. The van der Waals surface area contributed by atoms with Crippen LogP contribution in [-0.2, 0) is 9.53 Å². The molecule has 0 saturated heterocycles. The summed E-state index contributed by atoms with van der Waals surface area (Å²) in [6.07, 6.45) is 2.69. The van der Waals surface area contributed by atoms with E-state index in [0.717, 1.165) is 3.57 Å². The Labute approximate surface area is 163 Å². The second-order valence-corrected chi connectivity index (χ2v) is 7.47. The maximum absolute atomic E-state index is 15.0. The van der Waals surface area contributed by atoms with Crippen molar-refractivity contribution < 1.29 is 18.3 Å². The first-order chi connectivity index (χ1) is 12.3. The number of rotatable bonds is 4. The summed E-state index contributed by atoms with van der Waals surface area (Å²) in [5.74, 6) is -1.07. The van der Waals surface area contributed by atoms with Crippen LogP contribution in [0, 0.1) is 9.39 Å². The Bertz CT molecular complexity index is 849. The quantitative estimate of drug-likeness (QED) is 0.537. The van der Waals surface area contributed by atoms with Crippen LogP contribution in [0.1, 0.15) is 13.8 Å². The molecule has 1 N–H and O–H groups in total. The first-order valence-corrected chi connectivity index (χ1v) is 9.14. The van der Waals surface area contributed by atoms with Gasteiger partial charge in [0.2, 0.25) is 0 Å². The number of benzene rings is 1. The number of hydrogen-bond acceptors (Lipinski definition) is 5. The van der Waals surface area contributed by atoms with Crippen LogP contribution in [0.5, 0.6) is 0 Å². The Morgan fingerprint density at radius 3 is 2.88 bits per heavy atom. The fraction of sp³-hybridized carbons (Fsp3) is 0.333. The summed E-state index contributed by atoms with van der Waals surface area (Å²) in [6.45, 7) is 3.25. The van der Waals surface area contributed by atoms with Crippen molar-refractivity contribution in [3.05, 3.63) is 50.8 Å². The molecule has 0 radical (unpaired) electrons. The van der Waals surface area contributed by atoms with E-state index in [1.807, 2.05) is 22.6 Å². The number of carbonyl (C=O) groups excluding carboxylic acids is 1. The zero-order valence-corrected chi connectivity index (χ0v) is 16.7. The molecule has 0 aromatic heterocycles. The number of carbonyl (C=O) groups is 1. The number of nitrogens with one attached hydrogen (secondary N) is 1. The molecule has 1 aromatic carbocycles. The lowest BCUT2D eigenvalue weighted by Gasteiger charge is -2.33. The second-order valence-electron chi connectivity index (χ2n) is 6.22. The van der Waals surface area contributed by atoms with Gasteiger partial charge in [0.1, 0.15) is 11.5 Å². The fourth-order valence-electron chi connectivity index (χ4n) is 3.24. The van der Waals surface area contributed by atoms with Crippen molar-refractivity contribution >= 4 is 40.5 Å². The number of likely N-dealkylation sites (N-methyl/N-ethyl adjacent to an activating group) is 1. The molecule has 26 heavy (non-hydrogen) atoms. The highest BCUT2D eigenvalue weighted by atomic mass is 127. The summed E-state index contributed by atoms with van der Waals surface area (Å²) in [5, 5.41) is 2.94. The summed E-state index contributed by atoms with van der Waals surface area (Å²) in [6, 6.07) is 3.92. The van der Waals surface area contributed by atoms with Gasteiger partial charge in [-0.15, -0.1) is 0 Å². The first kappa shape index (κ1) is 18.8. The van der Waals surface area contributed by atoms with Crippen LogP contribution in [0.15, 0.2) is 46.4 Å². The normalized spacial score (nSPS) is 24.5. The molecule has 2 atom stereocenters. The summed E-state index contributed by atoms with van der Waals surface area (Å²) in [7, 11) is 1.61. The SMILES string of the molecule is CCOC(=O)C1=C(Nc2ccc(I)cc2F)C2=CN=CC(C)(F)C2N1C. The molecule has 0 spiro atoms. The monoisotopic (exact) mass is 473 g/mol. The number of ether oxygens (including phenoxy) is 1. The van der Waals surface area contributed by atoms with Crippen molar-refractivity contribution in [1.29, 1.82) is 0 Å². The standard InChI is InChI=1S/C18H18F2IN3O2/c1-4-26-17(25)15-14(23-13-6-5-10(21)7-12(13)19)11-8-22-9-18(2,20)16(11)24(15)3/h5-9,16,23H,4H2,1-3H3. The van der Waals surface area contributed by atoms with Gasteiger partial charge < -0.3 is 15.0 Å². The van der Waals surface area contributed by atoms with Gasteiger partial charge in [-0.2, -0.15) is 0 Å². The van der Waals surface area contributed by atoms with Crippen LogP contribution in [0.25, 0.3) is 0 Å². The van der Waals surface area contributed by atoms with Crippen LogP contribution in [0.2, 0.25) is 0 Å². The minimum atomic E-state index is -1.79. The third-order valence-electron chi connectivity index (χ3n) is 4.29. The van der Waals surface area contributed by atoms with Gasteiger partial charge in [-0.05, 0) is 54.6 Å². The summed E-state index contributed by atoms with van der Waals surface area (Å²) < 4.78 is 35.2. The molecule has 0 aliphatic carbocycles. The summed E-state index contributed by atoms with van der Waals surface area (Å²) in [5.41, 5.74) is -0.676. The van der Waals surface area contributed by atoms with E-state index >= 15 is 4.39 Å². The third kappa shape index (κ3) is 3.22. The molecule has 0 bridgehead atoms. The maximum atomic E-state index is 15.0. The van der Waals surface area contributed by atoms with Crippen LogP contribution in [-0.4, -0.2) is 42.4 Å². The molecule has 5 nitrogen and oxygen atoms in total. The van der Waals surface area contributed by atoms with E-state index in [4.69, 9.17) is 4.74 Å². The number of halogens is 3. The van der Waals surface area contributed by atoms with E-state index in [1.54, 1.807) is 26.1 Å². The number of anilines is 1. The topological polar surface area (TPSA) is 53.9 Å². The lowest BCUT2D eigenvalue weighted by molar-refractivity contribution is -0.140. The second kappa shape index (κ2) is 6.98. The van der Waals surface area contributed by atoms with Crippen molar-refractivity contribution in [3.63, 3.8) is 0 Å². The minimum absolute atomic E-state index is 0.149. The van der Waals surface area contributed by atoms with Crippen molar-refractivity contribution in [2.75, 3.05) is 19.0 Å². The molecule has 3 rings (SSSR count). The molecule has 0 amide bonds. The van der Waals surface area contributed by atoms with Crippen LogP contribution in [0.4, 0.5) is 14.5 Å². The Hall–Kier alpha value is -1.97. The lowest BCUT2D eigenvalue weighted by Crippen LogP contribution is -2.47. The van der Waals surface area contributed by atoms with Crippen LogP contribution >= 0.6 is 22.6 Å². The molecule has 138 valence electrons. The van der Waals surface area contributed by atoms with E-state index in [0.29, 0.717) is 11.3 Å². The van der Waals surface area contributed by atoms with Gasteiger partial charge >= 0.3 is 5.97 Å². The molecule has 2 unspecified atom stereocenters. The number of esters is 1. The molecular formula is C18H18F2IN3O2. The Balaban J connectivity index is 2.10. The van der Waals surface area contributed by atoms with Crippen molar-refractivity contribution in [3.8, 4) is 0 Å². The zero-order chi connectivity index (χ0) is 19.1. The number of aliphatic imine (C=N–C) groups is 1. The number of hydrogen-bond donors (Lipinski definition) is 1. The van der Waals surface area contributed by atoms with Gasteiger partial charge in [0.15, 0.2) is 5.67 Å². The van der Waals surface area contributed by atoms with Gasteiger partial charge in [-0.1, -0.05) is 0 Å². The predicted octanol–water partition coefficient (Wildman–Crippen LogP) is 3.63. The first-order valence-electron chi connectivity index (χ1n) is 8.06. The zero-order valence-electron chi connectivity index (χ0n) is 14.5. The molecule has 0 saturated carbocycles. The summed E-state index contributed by atoms with van der Waals surface area (Å²) in [4.78, 5) is 18.0. The highest BCUT2D eigenvalue weighted by Crippen LogP contribution is 2.41. The van der Waals surface area contributed by atoms with E-state index in [9.17, 15) is 9.18 Å². The van der Waals surface area contributed by atoms with E-state index < -0.39 is 23.5 Å². The van der Waals surface area contributed by atoms with Gasteiger partial charge in [-0.3, -0.25) is 4.99 Å². The Morgan fingerprint density at radius 1 is 1.50 bits per heavy atom. The van der Waals surface area contributed by atoms with Gasteiger partial charge in [-0.25, -0.2) is 13.6 Å². The fourth-order valence-corrected chi connectivity index (χ4v) is 3.69. The minimum Gasteiger partial charge on any atom is -0.461 e. The molecule has 2 heterocycles. The molecule has 0 fully saturated rings. The van der Waals surface area contributed by atoms with Crippen molar-refractivity contribution in [1.82, 2.24) is 4.90 Å².